The van der Waals surface area contributed by atoms with Crippen LogP contribution in [0.4, 0.5) is 0 Å². The summed E-state index contributed by atoms with van der Waals surface area (Å²) in [6.07, 6.45) is 2.57. The minimum Gasteiger partial charge on any atom is -0.380 e. The Hall–Kier alpha value is -1.08. The predicted octanol–water partition coefficient (Wildman–Crippen LogP) is 3.38. The molecule has 0 aliphatic heterocycles. The highest BCUT2D eigenvalue weighted by Crippen LogP contribution is 2.53. The van der Waals surface area contributed by atoms with E-state index in [-0.39, 0.29) is 0 Å². The van der Waals surface area contributed by atoms with Crippen LogP contribution in [0.3, 0.4) is 0 Å². The van der Waals surface area contributed by atoms with Gasteiger partial charge in [-0.25, -0.2) is 0 Å². The Balaban J connectivity index is 2.19. The monoisotopic (exact) mass is 202 g/mol. The summed E-state index contributed by atoms with van der Waals surface area (Å²) in [6.45, 7) is 4.29. The predicted molar refractivity (Wildman–Crippen MR) is 62.9 cm³/mol. The summed E-state index contributed by atoms with van der Waals surface area (Å²) in [5, 5.41) is 0. The fourth-order valence-corrected chi connectivity index (χ4v) is 2.38. The SMILES string of the molecule is C/C=C(\C)C1[C@@H](c2ccccc2)[C@H]1OC. The van der Waals surface area contributed by atoms with E-state index in [4.69, 9.17) is 4.74 Å². The summed E-state index contributed by atoms with van der Waals surface area (Å²) >= 11 is 0. The van der Waals surface area contributed by atoms with Gasteiger partial charge in [-0.05, 0) is 19.4 Å². The van der Waals surface area contributed by atoms with Crippen molar-refractivity contribution in [2.75, 3.05) is 7.11 Å². The van der Waals surface area contributed by atoms with Crippen LogP contribution in [0.15, 0.2) is 42.0 Å². The second-order valence-corrected chi connectivity index (χ2v) is 4.20. The lowest BCUT2D eigenvalue weighted by Gasteiger charge is -1.98. The minimum atomic E-state index is 0.378. The van der Waals surface area contributed by atoms with Crippen LogP contribution in [0.5, 0.6) is 0 Å². The summed E-state index contributed by atoms with van der Waals surface area (Å²) < 4.78 is 5.52. The van der Waals surface area contributed by atoms with E-state index in [9.17, 15) is 0 Å². The number of ether oxygens (including phenoxy) is 1. The molecule has 1 heteroatoms. The molecule has 1 saturated carbocycles. The van der Waals surface area contributed by atoms with Crippen molar-refractivity contribution in [3.05, 3.63) is 47.5 Å². The molecule has 0 bridgehead atoms. The van der Waals surface area contributed by atoms with Crippen LogP contribution < -0.4 is 0 Å². The number of allylic oxidation sites excluding steroid dienone is 1. The molecular weight excluding hydrogens is 184 g/mol. The molecule has 1 aliphatic carbocycles. The van der Waals surface area contributed by atoms with E-state index >= 15 is 0 Å². The summed E-state index contributed by atoms with van der Waals surface area (Å²) in [6, 6.07) is 10.6. The fourth-order valence-electron chi connectivity index (χ4n) is 2.38. The molecule has 1 aliphatic rings. The van der Waals surface area contributed by atoms with E-state index in [2.05, 4.69) is 50.3 Å². The normalized spacial score (nSPS) is 30.3. The molecule has 0 spiro atoms. The Morgan fingerprint density at radius 2 is 1.93 bits per heavy atom. The highest BCUT2D eigenvalue weighted by atomic mass is 16.5. The molecule has 2 rings (SSSR count). The van der Waals surface area contributed by atoms with Gasteiger partial charge in [0.1, 0.15) is 0 Å². The van der Waals surface area contributed by atoms with Gasteiger partial charge in [-0.3, -0.25) is 0 Å². The second-order valence-electron chi connectivity index (χ2n) is 4.20. The molecule has 0 amide bonds. The van der Waals surface area contributed by atoms with Gasteiger partial charge in [0, 0.05) is 18.9 Å². The molecule has 0 N–H and O–H groups in total. The first kappa shape index (κ1) is 10.4. The fraction of sp³-hybridized carbons (Fsp3) is 0.429. The van der Waals surface area contributed by atoms with Crippen molar-refractivity contribution >= 4 is 0 Å². The van der Waals surface area contributed by atoms with Crippen LogP contribution in [0.25, 0.3) is 0 Å². The quantitative estimate of drug-likeness (QED) is 0.683. The molecule has 1 unspecified atom stereocenters. The van der Waals surface area contributed by atoms with Crippen LogP contribution in [0, 0.1) is 5.92 Å². The Bertz CT molecular complexity index is 353. The lowest BCUT2D eigenvalue weighted by atomic mass is 10.1. The van der Waals surface area contributed by atoms with E-state index in [0.717, 1.165) is 0 Å². The molecule has 0 heterocycles. The zero-order chi connectivity index (χ0) is 10.8. The first-order chi connectivity index (χ1) is 7.29. The van der Waals surface area contributed by atoms with Gasteiger partial charge < -0.3 is 4.74 Å². The Morgan fingerprint density at radius 1 is 1.27 bits per heavy atom. The third kappa shape index (κ3) is 1.84. The average molecular weight is 202 g/mol. The number of methoxy groups -OCH3 is 1. The molecule has 0 aromatic heterocycles. The third-order valence-electron chi connectivity index (χ3n) is 3.39. The minimum absolute atomic E-state index is 0.378. The smallest absolute Gasteiger partial charge is 0.0718 e. The largest absolute Gasteiger partial charge is 0.380 e. The van der Waals surface area contributed by atoms with Crippen molar-refractivity contribution in [1.82, 2.24) is 0 Å². The van der Waals surface area contributed by atoms with Gasteiger partial charge in [-0.2, -0.15) is 0 Å². The maximum Gasteiger partial charge on any atom is 0.0718 e. The summed E-state index contributed by atoms with van der Waals surface area (Å²) in [4.78, 5) is 0. The van der Waals surface area contributed by atoms with E-state index < -0.39 is 0 Å². The molecule has 3 atom stereocenters. The lowest BCUT2D eigenvalue weighted by Crippen LogP contribution is -1.92. The van der Waals surface area contributed by atoms with Gasteiger partial charge in [-0.1, -0.05) is 42.0 Å². The van der Waals surface area contributed by atoms with Crippen LogP contribution in [0.1, 0.15) is 25.3 Å². The molecular formula is C14H18O. The number of hydrogen-bond acceptors (Lipinski definition) is 1. The van der Waals surface area contributed by atoms with Gasteiger partial charge >= 0.3 is 0 Å². The molecule has 0 saturated heterocycles. The second kappa shape index (κ2) is 4.19. The Kier molecular flexibility index (Phi) is 2.92. The average Bonchev–Trinajstić information content (AvgIpc) is 3.03. The summed E-state index contributed by atoms with van der Waals surface area (Å²) in [5.74, 6) is 1.15. The topological polar surface area (TPSA) is 9.23 Å². The maximum atomic E-state index is 5.52. The van der Waals surface area contributed by atoms with Crippen molar-refractivity contribution in [1.29, 1.82) is 0 Å². The van der Waals surface area contributed by atoms with E-state index in [1.54, 1.807) is 0 Å². The van der Waals surface area contributed by atoms with Crippen LogP contribution in [-0.2, 0) is 4.74 Å². The summed E-state index contributed by atoms with van der Waals surface area (Å²) in [5.41, 5.74) is 2.84. The first-order valence-electron chi connectivity index (χ1n) is 5.50. The Labute approximate surface area is 91.8 Å². The van der Waals surface area contributed by atoms with Gasteiger partial charge in [0.25, 0.3) is 0 Å². The van der Waals surface area contributed by atoms with Gasteiger partial charge in [0.05, 0.1) is 6.10 Å². The van der Waals surface area contributed by atoms with Crippen LogP contribution in [0.2, 0.25) is 0 Å². The molecule has 1 nitrogen and oxygen atoms in total. The standard InChI is InChI=1S/C14H18O/c1-4-10(2)12-13(14(12)15-3)11-8-6-5-7-9-11/h4-9,12-14H,1-3H3/b10-4+/t12?,13-,14+/m1/s1. The molecule has 1 aromatic carbocycles. The van der Waals surface area contributed by atoms with Gasteiger partial charge in [0.15, 0.2) is 0 Å². The number of rotatable bonds is 3. The Morgan fingerprint density at radius 3 is 2.47 bits per heavy atom. The van der Waals surface area contributed by atoms with Gasteiger partial charge in [0.2, 0.25) is 0 Å². The van der Waals surface area contributed by atoms with E-state index in [1.807, 2.05) is 7.11 Å². The van der Waals surface area contributed by atoms with Crippen molar-refractivity contribution in [2.45, 2.75) is 25.9 Å². The molecule has 80 valence electrons. The van der Waals surface area contributed by atoms with Crippen molar-refractivity contribution in [3.8, 4) is 0 Å². The zero-order valence-corrected chi connectivity index (χ0v) is 9.60. The maximum absolute atomic E-state index is 5.52. The first-order valence-corrected chi connectivity index (χ1v) is 5.50. The highest BCUT2D eigenvalue weighted by molar-refractivity contribution is 5.35. The van der Waals surface area contributed by atoms with Crippen molar-refractivity contribution < 1.29 is 4.74 Å². The third-order valence-corrected chi connectivity index (χ3v) is 3.39. The molecule has 1 aromatic rings. The molecule has 1 fully saturated rings. The number of hydrogen-bond donors (Lipinski definition) is 0. The summed E-state index contributed by atoms with van der Waals surface area (Å²) in [7, 11) is 1.81. The molecule has 15 heavy (non-hydrogen) atoms. The highest BCUT2D eigenvalue weighted by Gasteiger charge is 2.51. The number of benzene rings is 1. The zero-order valence-electron chi connectivity index (χ0n) is 9.60. The lowest BCUT2D eigenvalue weighted by molar-refractivity contribution is 0.169. The van der Waals surface area contributed by atoms with Crippen LogP contribution >= 0.6 is 0 Å². The molecule has 0 radical (unpaired) electrons. The van der Waals surface area contributed by atoms with Gasteiger partial charge in [-0.15, -0.1) is 0 Å². The van der Waals surface area contributed by atoms with E-state index in [1.165, 1.54) is 11.1 Å². The van der Waals surface area contributed by atoms with Crippen LogP contribution in [-0.4, -0.2) is 13.2 Å². The van der Waals surface area contributed by atoms with E-state index in [0.29, 0.717) is 17.9 Å². The van der Waals surface area contributed by atoms with Crippen molar-refractivity contribution in [2.24, 2.45) is 5.92 Å². The van der Waals surface area contributed by atoms with Crippen molar-refractivity contribution in [3.63, 3.8) is 0 Å².